The second kappa shape index (κ2) is 5.28. The summed E-state index contributed by atoms with van der Waals surface area (Å²) in [5.41, 5.74) is 4.53. The molecule has 1 aromatic rings. The Morgan fingerprint density at radius 1 is 1.22 bits per heavy atom. The van der Waals surface area contributed by atoms with E-state index in [1.165, 1.54) is 18.2 Å². The van der Waals surface area contributed by atoms with E-state index < -0.39 is 23.4 Å². The van der Waals surface area contributed by atoms with E-state index in [0.29, 0.717) is 0 Å². The normalized spacial score (nSPS) is 14.6. The first-order chi connectivity index (χ1) is 8.09. The molecule has 0 radical (unpaired) electrons. The molecule has 1 unspecified atom stereocenters. The van der Waals surface area contributed by atoms with Gasteiger partial charge < -0.3 is 10.8 Å². The molecule has 0 aliphatic heterocycles. The van der Waals surface area contributed by atoms with Crippen LogP contribution in [0.2, 0.25) is 0 Å². The Balaban J connectivity index is 2.85. The predicted octanol–water partition coefficient (Wildman–Crippen LogP) is 2.74. The lowest BCUT2D eigenvalue weighted by molar-refractivity contribution is -0.138. The molecule has 0 saturated carbocycles. The lowest BCUT2D eigenvalue weighted by Crippen LogP contribution is -2.37. The lowest BCUT2D eigenvalue weighted by Gasteiger charge is -2.23. The average Bonchev–Trinajstić information content (AvgIpc) is 2.13. The van der Waals surface area contributed by atoms with Crippen LogP contribution >= 0.6 is 0 Å². The quantitative estimate of drug-likeness (QED) is 0.875. The lowest BCUT2D eigenvalue weighted by atomic mass is 9.92. The molecular formula is C13H18F3NO. The van der Waals surface area contributed by atoms with Crippen molar-refractivity contribution in [3.63, 3.8) is 0 Å². The molecule has 0 fully saturated rings. The van der Waals surface area contributed by atoms with Crippen molar-refractivity contribution in [2.24, 2.45) is 5.73 Å². The van der Waals surface area contributed by atoms with E-state index in [1.54, 1.807) is 13.8 Å². The summed E-state index contributed by atoms with van der Waals surface area (Å²) in [5, 5.41) is 9.78. The first kappa shape index (κ1) is 15.0. The van der Waals surface area contributed by atoms with Crippen molar-refractivity contribution in [3.8, 4) is 0 Å². The molecule has 18 heavy (non-hydrogen) atoms. The van der Waals surface area contributed by atoms with Crippen LogP contribution in [0.5, 0.6) is 0 Å². The number of aliphatic hydroxyl groups is 1. The zero-order valence-corrected chi connectivity index (χ0v) is 10.5. The molecule has 0 spiro atoms. The highest BCUT2D eigenvalue weighted by Gasteiger charge is 2.33. The van der Waals surface area contributed by atoms with Gasteiger partial charge in [-0.25, -0.2) is 0 Å². The van der Waals surface area contributed by atoms with E-state index >= 15 is 0 Å². The Kier molecular flexibility index (Phi) is 4.40. The van der Waals surface area contributed by atoms with E-state index in [1.807, 2.05) is 0 Å². The van der Waals surface area contributed by atoms with Crippen LogP contribution in [0.3, 0.4) is 0 Å². The minimum atomic E-state index is -4.39. The Morgan fingerprint density at radius 2 is 1.78 bits per heavy atom. The van der Waals surface area contributed by atoms with Gasteiger partial charge in [0.25, 0.3) is 0 Å². The van der Waals surface area contributed by atoms with Crippen molar-refractivity contribution in [1.82, 2.24) is 0 Å². The average molecular weight is 261 g/mol. The molecule has 1 atom stereocenters. The number of nitrogens with two attached hydrogens (primary N) is 1. The van der Waals surface area contributed by atoms with Crippen LogP contribution in [-0.2, 0) is 12.6 Å². The van der Waals surface area contributed by atoms with Crippen LogP contribution in [0.25, 0.3) is 0 Å². The molecule has 0 saturated heterocycles. The molecule has 0 aromatic heterocycles. The molecule has 0 amide bonds. The molecule has 2 nitrogen and oxygen atoms in total. The minimum absolute atomic E-state index is 0.0453. The van der Waals surface area contributed by atoms with Crippen molar-refractivity contribution in [2.45, 2.75) is 44.5 Å². The first-order valence-corrected chi connectivity index (χ1v) is 5.71. The summed E-state index contributed by atoms with van der Waals surface area (Å²) in [6.07, 6.45) is -5.07. The Morgan fingerprint density at radius 3 is 2.28 bits per heavy atom. The highest BCUT2D eigenvalue weighted by Crippen LogP contribution is 2.32. The van der Waals surface area contributed by atoms with E-state index in [9.17, 15) is 18.3 Å². The van der Waals surface area contributed by atoms with Gasteiger partial charge in [0.15, 0.2) is 0 Å². The van der Waals surface area contributed by atoms with Gasteiger partial charge in [0, 0.05) is 5.54 Å². The van der Waals surface area contributed by atoms with Crippen LogP contribution in [0, 0.1) is 0 Å². The molecular weight excluding hydrogens is 243 g/mol. The second-order valence-corrected chi connectivity index (χ2v) is 5.21. The van der Waals surface area contributed by atoms with Gasteiger partial charge >= 0.3 is 6.18 Å². The Bertz CT molecular complexity index is 396. The molecule has 1 rings (SSSR count). The van der Waals surface area contributed by atoms with E-state index in [-0.39, 0.29) is 18.4 Å². The second-order valence-electron chi connectivity index (χ2n) is 5.21. The zero-order valence-electron chi connectivity index (χ0n) is 10.5. The van der Waals surface area contributed by atoms with E-state index in [0.717, 1.165) is 6.07 Å². The van der Waals surface area contributed by atoms with Crippen LogP contribution in [-0.4, -0.2) is 16.7 Å². The standard InChI is InChI=1S/C13H18F3NO/c1-12(2,17)8-10(18)7-9-5-3-4-6-11(9)13(14,15)16/h3-6,10,18H,7-8,17H2,1-2H3. The predicted molar refractivity (Wildman–Crippen MR) is 64.0 cm³/mol. The van der Waals surface area contributed by atoms with Crippen molar-refractivity contribution in [2.75, 3.05) is 0 Å². The van der Waals surface area contributed by atoms with Gasteiger partial charge in [-0.05, 0) is 38.3 Å². The van der Waals surface area contributed by atoms with Gasteiger partial charge in [0.05, 0.1) is 11.7 Å². The smallest absolute Gasteiger partial charge is 0.393 e. The van der Waals surface area contributed by atoms with Crippen LogP contribution in [0.15, 0.2) is 24.3 Å². The fourth-order valence-electron chi connectivity index (χ4n) is 1.91. The van der Waals surface area contributed by atoms with Gasteiger partial charge in [0.1, 0.15) is 0 Å². The summed E-state index contributed by atoms with van der Waals surface area (Å²) in [6.45, 7) is 3.46. The first-order valence-electron chi connectivity index (χ1n) is 5.71. The molecule has 0 bridgehead atoms. The Hall–Kier alpha value is -1.07. The van der Waals surface area contributed by atoms with Crippen molar-refractivity contribution in [1.29, 1.82) is 0 Å². The molecule has 102 valence electrons. The maximum Gasteiger partial charge on any atom is 0.416 e. The summed E-state index contributed by atoms with van der Waals surface area (Å²) in [6, 6.07) is 5.28. The van der Waals surface area contributed by atoms with E-state index in [4.69, 9.17) is 5.73 Å². The fraction of sp³-hybridized carbons (Fsp3) is 0.538. The van der Waals surface area contributed by atoms with E-state index in [2.05, 4.69) is 0 Å². The summed E-state index contributed by atoms with van der Waals surface area (Å²) >= 11 is 0. The SMILES string of the molecule is CC(C)(N)CC(O)Cc1ccccc1C(F)(F)F. The number of hydrogen-bond donors (Lipinski definition) is 2. The number of hydrogen-bond acceptors (Lipinski definition) is 2. The number of benzene rings is 1. The highest BCUT2D eigenvalue weighted by atomic mass is 19.4. The third-order valence-corrected chi connectivity index (χ3v) is 2.54. The molecule has 3 N–H and O–H groups in total. The van der Waals surface area contributed by atoms with Crippen LogP contribution in [0.1, 0.15) is 31.4 Å². The number of rotatable bonds is 4. The third kappa shape index (κ3) is 4.66. The van der Waals surface area contributed by atoms with Gasteiger partial charge in [0.2, 0.25) is 0 Å². The van der Waals surface area contributed by atoms with Gasteiger partial charge in [-0.15, -0.1) is 0 Å². The van der Waals surface area contributed by atoms with Crippen molar-refractivity contribution < 1.29 is 18.3 Å². The topological polar surface area (TPSA) is 46.2 Å². The van der Waals surface area contributed by atoms with Crippen molar-refractivity contribution >= 4 is 0 Å². The number of halogens is 3. The molecule has 0 heterocycles. The number of alkyl halides is 3. The maximum atomic E-state index is 12.7. The molecule has 0 aliphatic carbocycles. The van der Waals surface area contributed by atoms with Gasteiger partial charge in [-0.3, -0.25) is 0 Å². The highest BCUT2D eigenvalue weighted by molar-refractivity contribution is 5.30. The zero-order chi connectivity index (χ0) is 14.0. The van der Waals surface area contributed by atoms with Crippen LogP contribution < -0.4 is 5.73 Å². The molecule has 0 aliphatic rings. The fourth-order valence-corrected chi connectivity index (χ4v) is 1.91. The third-order valence-electron chi connectivity index (χ3n) is 2.54. The summed E-state index contributed by atoms with van der Waals surface area (Å²) in [7, 11) is 0. The maximum absolute atomic E-state index is 12.7. The van der Waals surface area contributed by atoms with Gasteiger partial charge in [-0.1, -0.05) is 18.2 Å². The minimum Gasteiger partial charge on any atom is -0.393 e. The summed E-state index contributed by atoms with van der Waals surface area (Å²) in [4.78, 5) is 0. The molecule has 1 aromatic carbocycles. The Labute approximate surface area is 105 Å². The van der Waals surface area contributed by atoms with Gasteiger partial charge in [-0.2, -0.15) is 13.2 Å². The van der Waals surface area contributed by atoms with Crippen LogP contribution in [0.4, 0.5) is 13.2 Å². The molecule has 5 heteroatoms. The largest absolute Gasteiger partial charge is 0.416 e. The summed E-state index contributed by atoms with van der Waals surface area (Å²) in [5.74, 6) is 0. The monoisotopic (exact) mass is 261 g/mol. The van der Waals surface area contributed by atoms with Crippen molar-refractivity contribution in [3.05, 3.63) is 35.4 Å². The summed E-state index contributed by atoms with van der Waals surface area (Å²) < 4.78 is 38.2. The number of aliphatic hydroxyl groups excluding tert-OH is 1.